The molecule has 2 heterocycles. The SMILES string of the molecule is O=C1CN(c2ccc(CNC(=O)C(c3ccccc3)N3CCS(=O)(=O)CC3)cc2)CCN1. The molecule has 2 N–H and O–H groups in total. The molecular formula is C23H28N4O4S. The summed E-state index contributed by atoms with van der Waals surface area (Å²) in [4.78, 5) is 28.7. The Bertz CT molecular complexity index is 1040. The van der Waals surface area contributed by atoms with Crippen LogP contribution in [0.5, 0.6) is 0 Å². The minimum Gasteiger partial charge on any atom is -0.360 e. The molecule has 2 amide bonds. The molecule has 2 saturated heterocycles. The van der Waals surface area contributed by atoms with Crippen LogP contribution in [0.25, 0.3) is 0 Å². The summed E-state index contributed by atoms with van der Waals surface area (Å²) in [7, 11) is -3.03. The lowest BCUT2D eigenvalue weighted by Crippen LogP contribution is -2.47. The van der Waals surface area contributed by atoms with E-state index in [-0.39, 0.29) is 23.3 Å². The highest BCUT2D eigenvalue weighted by Gasteiger charge is 2.32. The molecule has 1 atom stereocenters. The second-order valence-corrected chi connectivity index (χ2v) is 10.5. The molecule has 0 radical (unpaired) electrons. The van der Waals surface area contributed by atoms with Crippen LogP contribution in [-0.2, 0) is 26.0 Å². The Kier molecular flexibility index (Phi) is 6.76. The van der Waals surface area contributed by atoms with E-state index in [1.165, 1.54) is 0 Å². The maximum Gasteiger partial charge on any atom is 0.242 e. The molecule has 0 bridgehead atoms. The van der Waals surface area contributed by atoms with Gasteiger partial charge in [0, 0.05) is 38.4 Å². The number of hydrogen-bond acceptors (Lipinski definition) is 6. The van der Waals surface area contributed by atoms with E-state index in [9.17, 15) is 18.0 Å². The van der Waals surface area contributed by atoms with E-state index >= 15 is 0 Å². The number of piperazine rings is 1. The number of sulfone groups is 1. The zero-order chi connectivity index (χ0) is 22.6. The van der Waals surface area contributed by atoms with Crippen molar-refractivity contribution in [2.24, 2.45) is 0 Å². The molecule has 4 rings (SSSR count). The minimum atomic E-state index is -3.03. The number of nitrogens with one attached hydrogen (secondary N) is 2. The molecule has 32 heavy (non-hydrogen) atoms. The highest BCUT2D eigenvalue weighted by molar-refractivity contribution is 7.91. The summed E-state index contributed by atoms with van der Waals surface area (Å²) in [6.45, 7) is 2.80. The lowest BCUT2D eigenvalue weighted by molar-refractivity contribution is -0.127. The van der Waals surface area contributed by atoms with Crippen LogP contribution in [0, 0.1) is 0 Å². The normalized spacial score (nSPS) is 19.8. The summed E-state index contributed by atoms with van der Waals surface area (Å²) in [5, 5.41) is 5.83. The first-order valence-electron chi connectivity index (χ1n) is 10.8. The first kappa shape index (κ1) is 22.3. The van der Waals surface area contributed by atoms with Gasteiger partial charge in [0.2, 0.25) is 11.8 Å². The number of carbonyl (C=O) groups is 2. The van der Waals surface area contributed by atoms with Crippen LogP contribution < -0.4 is 15.5 Å². The summed E-state index contributed by atoms with van der Waals surface area (Å²) < 4.78 is 23.7. The van der Waals surface area contributed by atoms with E-state index in [2.05, 4.69) is 10.6 Å². The first-order valence-corrected chi connectivity index (χ1v) is 12.6. The Morgan fingerprint density at radius 1 is 1.00 bits per heavy atom. The van der Waals surface area contributed by atoms with Crippen molar-refractivity contribution in [1.82, 2.24) is 15.5 Å². The van der Waals surface area contributed by atoms with Crippen LogP contribution in [-0.4, -0.2) is 69.4 Å². The number of rotatable bonds is 6. The van der Waals surface area contributed by atoms with Crippen molar-refractivity contribution in [2.45, 2.75) is 12.6 Å². The topological polar surface area (TPSA) is 98.8 Å². The Balaban J connectivity index is 1.41. The molecule has 0 aromatic heterocycles. The molecular weight excluding hydrogens is 428 g/mol. The molecule has 9 heteroatoms. The zero-order valence-corrected chi connectivity index (χ0v) is 18.7. The number of benzene rings is 2. The van der Waals surface area contributed by atoms with Crippen LogP contribution >= 0.6 is 0 Å². The van der Waals surface area contributed by atoms with Crippen molar-refractivity contribution in [3.63, 3.8) is 0 Å². The number of hydrogen-bond donors (Lipinski definition) is 2. The molecule has 0 aliphatic carbocycles. The predicted octanol–water partition coefficient (Wildman–Crippen LogP) is 0.711. The number of carbonyl (C=O) groups excluding carboxylic acids is 2. The molecule has 2 aliphatic heterocycles. The van der Waals surface area contributed by atoms with Crippen molar-refractivity contribution < 1.29 is 18.0 Å². The quantitative estimate of drug-likeness (QED) is 0.664. The third kappa shape index (κ3) is 5.46. The van der Waals surface area contributed by atoms with E-state index in [1.807, 2.05) is 64.4 Å². The summed E-state index contributed by atoms with van der Waals surface area (Å²) in [6.07, 6.45) is 0. The van der Waals surface area contributed by atoms with E-state index in [0.717, 1.165) is 23.4 Å². The van der Waals surface area contributed by atoms with Crippen molar-refractivity contribution in [3.05, 3.63) is 65.7 Å². The summed E-state index contributed by atoms with van der Waals surface area (Å²) >= 11 is 0. The van der Waals surface area contributed by atoms with Gasteiger partial charge in [0.15, 0.2) is 9.84 Å². The monoisotopic (exact) mass is 456 g/mol. The second-order valence-electron chi connectivity index (χ2n) is 8.16. The van der Waals surface area contributed by atoms with Gasteiger partial charge in [-0.1, -0.05) is 42.5 Å². The summed E-state index contributed by atoms with van der Waals surface area (Å²) in [5.41, 5.74) is 2.78. The van der Waals surface area contributed by atoms with E-state index in [1.54, 1.807) is 0 Å². The van der Waals surface area contributed by atoms with Gasteiger partial charge >= 0.3 is 0 Å². The van der Waals surface area contributed by atoms with Gasteiger partial charge in [0.05, 0.1) is 18.1 Å². The predicted molar refractivity (Wildman–Crippen MR) is 123 cm³/mol. The van der Waals surface area contributed by atoms with Crippen LogP contribution in [0.15, 0.2) is 54.6 Å². The van der Waals surface area contributed by atoms with Crippen LogP contribution in [0.3, 0.4) is 0 Å². The van der Waals surface area contributed by atoms with Crippen molar-refractivity contribution >= 4 is 27.3 Å². The molecule has 1 unspecified atom stereocenters. The number of nitrogens with zero attached hydrogens (tertiary/aromatic N) is 2. The molecule has 0 saturated carbocycles. The van der Waals surface area contributed by atoms with Gasteiger partial charge in [-0.25, -0.2) is 8.42 Å². The Morgan fingerprint density at radius 2 is 1.69 bits per heavy atom. The maximum absolute atomic E-state index is 13.2. The van der Waals surface area contributed by atoms with Crippen LogP contribution in [0.2, 0.25) is 0 Å². The summed E-state index contributed by atoms with van der Waals surface area (Å²) in [5.74, 6) is 0.0106. The maximum atomic E-state index is 13.2. The minimum absolute atomic E-state index is 0.0186. The van der Waals surface area contributed by atoms with Gasteiger partial charge in [-0.15, -0.1) is 0 Å². The lowest BCUT2D eigenvalue weighted by Gasteiger charge is -2.33. The number of amides is 2. The van der Waals surface area contributed by atoms with Crippen LogP contribution in [0.4, 0.5) is 5.69 Å². The van der Waals surface area contributed by atoms with Gasteiger partial charge in [-0.3, -0.25) is 14.5 Å². The Morgan fingerprint density at radius 3 is 2.34 bits per heavy atom. The van der Waals surface area contributed by atoms with Crippen molar-refractivity contribution in [2.75, 3.05) is 49.1 Å². The number of anilines is 1. The molecule has 2 aromatic carbocycles. The first-order chi connectivity index (χ1) is 15.4. The Hall–Kier alpha value is -2.91. The zero-order valence-electron chi connectivity index (χ0n) is 17.9. The molecule has 2 fully saturated rings. The smallest absolute Gasteiger partial charge is 0.242 e. The second kappa shape index (κ2) is 9.70. The fraction of sp³-hybridized carbons (Fsp3) is 0.391. The highest BCUT2D eigenvalue weighted by Crippen LogP contribution is 2.23. The summed E-state index contributed by atoms with van der Waals surface area (Å²) in [6, 6.07) is 16.8. The van der Waals surface area contributed by atoms with Gasteiger partial charge in [0.1, 0.15) is 6.04 Å². The third-order valence-corrected chi connectivity index (χ3v) is 7.52. The van der Waals surface area contributed by atoms with Gasteiger partial charge < -0.3 is 15.5 Å². The average Bonchev–Trinajstić information content (AvgIpc) is 2.80. The standard InChI is InChI=1S/C23H28N4O4S/c28-21-17-27(11-10-24-21)20-8-6-18(7-9-20)16-25-23(29)22(19-4-2-1-3-5-19)26-12-14-32(30,31)15-13-26/h1-9,22H,10-17H2,(H,24,28)(H,25,29). The molecule has 2 aliphatic rings. The van der Waals surface area contributed by atoms with E-state index in [0.29, 0.717) is 32.7 Å². The third-order valence-electron chi connectivity index (χ3n) is 5.91. The molecule has 8 nitrogen and oxygen atoms in total. The molecule has 170 valence electrons. The van der Waals surface area contributed by atoms with Crippen LogP contribution in [0.1, 0.15) is 17.2 Å². The van der Waals surface area contributed by atoms with Gasteiger partial charge in [-0.2, -0.15) is 0 Å². The lowest BCUT2D eigenvalue weighted by atomic mass is 10.0. The van der Waals surface area contributed by atoms with Gasteiger partial charge in [-0.05, 0) is 23.3 Å². The molecule has 0 spiro atoms. The average molecular weight is 457 g/mol. The van der Waals surface area contributed by atoms with Gasteiger partial charge in [0.25, 0.3) is 0 Å². The largest absolute Gasteiger partial charge is 0.360 e. The van der Waals surface area contributed by atoms with E-state index in [4.69, 9.17) is 0 Å². The Labute approximate surface area is 188 Å². The fourth-order valence-corrected chi connectivity index (χ4v) is 5.35. The highest BCUT2D eigenvalue weighted by atomic mass is 32.2. The fourth-order valence-electron chi connectivity index (χ4n) is 4.12. The molecule has 2 aromatic rings. The van der Waals surface area contributed by atoms with E-state index < -0.39 is 15.9 Å². The van der Waals surface area contributed by atoms with Crippen molar-refractivity contribution in [3.8, 4) is 0 Å². The van der Waals surface area contributed by atoms with Crippen molar-refractivity contribution in [1.29, 1.82) is 0 Å².